The van der Waals surface area contributed by atoms with Gasteiger partial charge >= 0.3 is 0 Å². The first kappa shape index (κ1) is 28.9. The molecule has 0 radical (unpaired) electrons. The van der Waals surface area contributed by atoms with Crippen molar-refractivity contribution in [3.8, 4) is 22.6 Å². The molecule has 0 saturated heterocycles. The summed E-state index contributed by atoms with van der Waals surface area (Å²) < 4.78 is 8.80. The second-order valence-corrected chi connectivity index (χ2v) is 13.6. The van der Waals surface area contributed by atoms with E-state index in [-0.39, 0.29) is 17.9 Å². The predicted molar refractivity (Wildman–Crippen MR) is 208 cm³/mol. The maximum atomic E-state index is 6.32. The summed E-state index contributed by atoms with van der Waals surface area (Å²) in [7, 11) is 0. The lowest BCUT2D eigenvalue weighted by atomic mass is 9.81. The number of fused-ring (bicyclic) bond motifs is 6. The van der Waals surface area contributed by atoms with Crippen LogP contribution in [-0.2, 0) is 0 Å². The third-order valence-corrected chi connectivity index (χ3v) is 10.7. The van der Waals surface area contributed by atoms with Crippen molar-refractivity contribution in [2.45, 2.75) is 24.4 Å². The average Bonchev–Trinajstić information content (AvgIpc) is 3.74. The fourth-order valence-corrected chi connectivity index (χ4v) is 8.31. The molecule has 10 rings (SSSR count). The van der Waals surface area contributed by atoms with Gasteiger partial charge in [-0.3, -0.25) is 0 Å². The number of hydrogen-bond donors (Lipinski definition) is 0. The molecule has 50 heavy (non-hydrogen) atoms. The van der Waals surface area contributed by atoms with Crippen molar-refractivity contribution in [3.63, 3.8) is 0 Å². The second-order valence-electron chi connectivity index (χ2n) is 13.6. The lowest BCUT2D eigenvalue weighted by molar-refractivity contribution is 0.269. The molecule has 3 aliphatic rings. The first-order valence-electron chi connectivity index (χ1n) is 17.6. The van der Waals surface area contributed by atoms with E-state index in [4.69, 9.17) is 4.74 Å². The van der Waals surface area contributed by atoms with E-state index in [2.05, 4.69) is 187 Å². The Bertz CT molecular complexity index is 2550. The summed E-state index contributed by atoms with van der Waals surface area (Å²) in [6.07, 6.45) is 14.5. The first-order chi connectivity index (χ1) is 24.8. The monoisotopic (exact) mass is 641 g/mol. The Hall–Kier alpha value is -6.12. The summed E-state index contributed by atoms with van der Waals surface area (Å²) in [5, 5.41) is 2.52. The van der Waals surface area contributed by atoms with Crippen LogP contribution in [-0.4, -0.2) is 10.7 Å². The van der Waals surface area contributed by atoms with Crippen LogP contribution in [0.25, 0.3) is 49.8 Å². The molecule has 0 bridgehead atoms. The van der Waals surface area contributed by atoms with Crippen LogP contribution in [0.15, 0.2) is 182 Å². The average molecular weight is 642 g/mol. The van der Waals surface area contributed by atoms with Gasteiger partial charge in [0.2, 0.25) is 0 Å². The van der Waals surface area contributed by atoms with Gasteiger partial charge in [-0.15, -0.1) is 0 Å². The molecule has 2 heteroatoms. The molecule has 3 unspecified atom stereocenters. The Balaban J connectivity index is 1.13. The molecular formula is C48H35NO. The van der Waals surface area contributed by atoms with Crippen molar-refractivity contribution >= 4 is 33.0 Å². The van der Waals surface area contributed by atoms with Crippen molar-refractivity contribution in [2.24, 2.45) is 0 Å². The highest BCUT2D eigenvalue weighted by Gasteiger charge is 2.32. The summed E-state index contributed by atoms with van der Waals surface area (Å²) in [5.41, 5.74) is 13.8. The van der Waals surface area contributed by atoms with E-state index >= 15 is 0 Å². The molecule has 6 aromatic carbocycles. The highest BCUT2D eigenvalue weighted by molar-refractivity contribution is 6.13. The minimum atomic E-state index is 0.0729. The molecule has 2 nitrogen and oxygen atoms in total. The number of rotatable bonds is 5. The SMILES string of the molecule is C1=CC2Oc3ccc(-c4cccc5c6ccccc6n(-c6cccc(C7C=C(c8ccccc8)C=C(c8ccccc8)C7)c6)c45)cc3C2C=C1. The van der Waals surface area contributed by atoms with Crippen molar-refractivity contribution in [1.29, 1.82) is 0 Å². The van der Waals surface area contributed by atoms with E-state index in [0.717, 1.165) is 12.2 Å². The Morgan fingerprint density at radius 1 is 0.600 bits per heavy atom. The molecule has 2 aliphatic carbocycles. The fraction of sp³-hybridized carbons (Fsp3) is 0.0833. The third-order valence-electron chi connectivity index (χ3n) is 10.7. The van der Waals surface area contributed by atoms with Gasteiger partial charge in [-0.2, -0.15) is 0 Å². The number of para-hydroxylation sites is 2. The number of hydrogen-bond acceptors (Lipinski definition) is 1. The minimum Gasteiger partial charge on any atom is -0.485 e. The molecule has 1 aromatic heterocycles. The van der Waals surface area contributed by atoms with Crippen LogP contribution >= 0.6 is 0 Å². The van der Waals surface area contributed by atoms with Gasteiger partial charge in [0, 0.05) is 39.4 Å². The fourth-order valence-electron chi connectivity index (χ4n) is 8.31. The van der Waals surface area contributed by atoms with E-state index in [9.17, 15) is 0 Å². The summed E-state index contributed by atoms with van der Waals surface area (Å²) in [6, 6.07) is 53.2. The van der Waals surface area contributed by atoms with Crippen molar-refractivity contribution in [3.05, 3.63) is 204 Å². The maximum absolute atomic E-state index is 6.32. The zero-order valence-electron chi connectivity index (χ0n) is 27.6. The maximum Gasteiger partial charge on any atom is 0.128 e. The minimum absolute atomic E-state index is 0.0729. The Morgan fingerprint density at radius 3 is 2.24 bits per heavy atom. The van der Waals surface area contributed by atoms with Gasteiger partial charge in [-0.25, -0.2) is 0 Å². The van der Waals surface area contributed by atoms with Gasteiger partial charge in [-0.1, -0.05) is 146 Å². The van der Waals surface area contributed by atoms with Crippen LogP contribution < -0.4 is 4.74 Å². The molecule has 0 N–H and O–H groups in total. The van der Waals surface area contributed by atoms with Crippen LogP contribution in [0.4, 0.5) is 0 Å². The first-order valence-corrected chi connectivity index (χ1v) is 17.6. The van der Waals surface area contributed by atoms with Crippen LogP contribution in [0.3, 0.4) is 0 Å². The molecule has 0 fully saturated rings. The molecule has 7 aromatic rings. The summed E-state index contributed by atoms with van der Waals surface area (Å²) in [5.74, 6) is 1.47. The quantitative estimate of drug-likeness (QED) is 0.182. The third kappa shape index (κ3) is 4.79. The Morgan fingerprint density at radius 2 is 1.36 bits per heavy atom. The highest BCUT2D eigenvalue weighted by atomic mass is 16.5. The van der Waals surface area contributed by atoms with E-state index in [1.165, 1.54) is 72.0 Å². The van der Waals surface area contributed by atoms with E-state index in [0.29, 0.717) is 0 Å². The lowest BCUT2D eigenvalue weighted by Crippen LogP contribution is -2.15. The van der Waals surface area contributed by atoms with Gasteiger partial charge in [0.15, 0.2) is 0 Å². The molecule has 1 aliphatic heterocycles. The number of aromatic nitrogens is 1. The molecule has 0 spiro atoms. The Labute approximate surface area is 292 Å². The van der Waals surface area contributed by atoms with Gasteiger partial charge in [-0.05, 0) is 76.2 Å². The van der Waals surface area contributed by atoms with Gasteiger partial charge in [0.1, 0.15) is 11.9 Å². The standard InChI is InChI=1S/C48H35NO/c1-3-13-32(14-4-1)36-27-37(33-15-5-2-6-16-33)29-38(28-36)34-17-11-18-39(30-34)49-45-23-9-7-19-41(45)43-22-12-21-40(48(43)49)35-25-26-47-44(31-35)42-20-8-10-24-46(42)50-47/h1-28,30-31,38,42,46H,29H2. The van der Waals surface area contributed by atoms with E-state index in [1.807, 2.05) is 0 Å². The van der Waals surface area contributed by atoms with Crippen molar-refractivity contribution in [1.82, 2.24) is 4.57 Å². The molecule has 2 heterocycles. The number of nitrogens with zero attached hydrogens (tertiary/aromatic N) is 1. The molecule has 0 amide bonds. The van der Waals surface area contributed by atoms with Crippen LogP contribution in [0, 0.1) is 0 Å². The molecule has 238 valence electrons. The highest BCUT2D eigenvalue weighted by Crippen LogP contribution is 2.45. The number of ether oxygens (including phenoxy) is 1. The van der Waals surface area contributed by atoms with Gasteiger partial charge < -0.3 is 9.30 Å². The summed E-state index contributed by atoms with van der Waals surface area (Å²) in [6.45, 7) is 0. The van der Waals surface area contributed by atoms with Gasteiger partial charge in [0.05, 0.1) is 11.0 Å². The molecular weight excluding hydrogens is 607 g/mol. The topological polar surface area (TPSA) is 14.2 Å². The van der Waals surface area contributed by atoms with E-state index in [1.54, 1.807) is 0 Å². The number of benzene rings is 6. The molecule has 3 atom stereocenters. The smallest absolute Gasteiger partial charge is 0.128 e. The summed E-state index contributed by atoms with van der Waals surface area (Å²) >= 11 is 0. The van der Waals surface area contributed by atoms with E-state index < -0.39 is 0 Å². The van der Waals surface area contributed by atoms with Crippen molar-refractivity contribution in [2.75, 3.05) is 0 Å². The normalized spacial score (nSPS) is 19.2. The number of allylic oxidation sites excluding steroid dienone is 6. The molecule has 0 saturated carbocycles. The Kier molecular flexibility index (Phi) is 6.80. The van der Waals surface area contributed by atoms with Gasteiger partial charge in [0.25, 0.3) is 0 Å². The largest absolute Gasteiger partial charge is 0.485 e. The zero-order chi connectivity index (χ0) is 33.0. The summed E-state index contributed by atoms with van der Waals surface area (Å²) in [4.78, 5) is 0. The van der Waals surface area contributed by atoms with Crippen LogP contribution in [0.2, 0.25) is 0 Å². The predicted octanol–water partition coefficient (Wildman–Crippen LogP) is 12.1. The lowest BCUT2D eigenvalue weighted by Gasteiger charge is -2.24. The van der Waals surface area contributed by atoms with Crippen LogP contribution in [0.5, 0.6) is 5.75 Å². The van der Waals surface area contributed by atoms with Crippen molar-refractivity contribution < 1.29 is 4.74 Å². The van der Waals surface area contributed by atoms with Crippen LogP contribution in [0.1, 0.15) is 40.5 Å². The second kappa shape index (κ2) is 11.8. The zero-order valence-corrected chi connectivity index (χ0v) is 27.6.